The maximum atomic E-state index is 6.09. The van der Waals surface area contributed by atoms with Gasteiger partial charge in [-0.15, -0.1) is 0 Å². The summed E-state index contributed by atoms with van der Waals surface area (Å²) in [6.45, 7) is 0. The van der Waals surface area contributed by atoms with Gasteiger partial charge in [-0.05, 0) is 89.0 Å². The van der Waals surface area contributed by atoms with Gasteiger partial charge in [0.25, 0.3) is 0 Å². The summed E-state index contributed by atoms with van der Waals surface area (Å²) < 4.78 is 10.5. The fourth-order valence-corrected chi connectivity index (χ4v) is 9.27. The van der Waals surface area contributed by atoms with Gasteiger partial charge in [0.2, 0.25) is 5.95 Å². The normalized spacial score (nSPS) is 11.8. The number of hydrogen-bond donors (Lipinski definition) is 0. The number of pyridine rings is 2. The van der Waals surface area contributed by atoms with Crippen molar-refractivity contribution in [1.29, 1.82) is 0 Å². The van der Waals surface area contributed by atoms with E-state index in [0.29, 0.717) is 5.95 Å². The van der Waals surface area contributed by atoms with E-state index >= 15 is 0 Å². The molecular formula is C56H34N6O. The van der Waals surface area contributed by atoms with E-state index in [-0.39, 0.29) is 0 Å². The van der Waals surface area contributed by atoms with Crippen LogP contribution in [0.4, 0.5) is 0 Å². The average Bonchev–Trinajstić information content (AvgIpc) is 4.01. The number of rotatable bonds is 6. The highest BCUT2D eigenvalue weighted by molar-refractivity contribution is 6.12. The predicted octanol–water partition coefficient (Wildman–Crippen LogP) is 14.0. The van der Waals surface area contributed by atoms with Gasteiger partial charge >= 0.3 is 0 Å². The molecule has 6 aromatic heterocycles. The van der Waals surface area contributed by atoms with E-state index in [4.69, 9.17) is 19.4 Å². The molecule has 7 aromatic carbocycles. The van der Waals surface area contributed by atoms with E-state index in [0.717, 1.165) is 106 Å². The summed E-state index contributed by atoms with van der Waals surface area (Å²) in [6.07, 6.45) is 1.78. The first-order valence-corrected chi connectivity index (χ1v) is 21.0. The molecule has 0 amide bonds. The fourth-order valence-electron chi connectivity index (χ4n) is 9.27. The van der Waals surface area contributed by atoms with Crippen LogP contribution in [0.2, 0.25) is 0 Å². The minimum atomic E-state index is 0.633. The molecule has 0 bridgehead atoms. The number of benzene rings is 7. The first-order valence-electron chi connectivity index (χ1n) is 21.0. The summed E-state index contributed by atoms with van der Waals surface area (Å²) in [7, 11) is 0. The molecule has 0 saturated carbocycles. The van der Waals surface area contributed by atoms with Crippen molar-refractivity contribution in [3.05, 3.63) is 206 Å². The maximum absolute atomic E-state index is 6.09. The molecule has 0 spiro atoms. The number of nitrogens with zero attached hydrogens (tertiary/aromatic N) is 6. The van der Waals surface area contributed by atoms with E-state index in [1.54, 1.807) is 6.20 Å². The first kappa shape index (κ1) is 35.1. The largest absolute Gasteiger partial charge is 0.453 e. The summed E-state index contributed by atoms with van der Waals surface area (Å²) in [4.78, 5) is 20.2. The van der Waals surface area contributed by atoms with Crippen molar-refractivity contribution in [3.63, 3.8) is 0 Å². The molecule has 7 heteroatoms. The highest BCUT2D eigenvalue weighted by Crippen LogP contribution is 2.39. The minimum Gasteiger partial charge on any atom is -0.453 e. The minimum absolute atomic E-state index is 0.633. The first-order chi connectivity index (χ1) is 31.2. The Morgan fingerprint density at radius 1 is 0.333 bits per heavy atom. The summed E-state index contributed by atoms with van der Waals surface area (Å²) in [6, 6.07) is 70.0. The molecular weight excluding hydrogens is 773 g/mol. The number of aromatic nitrogens is 6. The molecule has 0 saturated heterocycles. The molecule has 294 valence electrons. The molecule has 0 N–H and O–H groups in total. The molecule has 13 rings (SSSR count). The molecule has 0 radical (unpaired) electrons. The molecule has 0 aliphatic carbocycles. The Bertz CT molecular complexity index is 3860. The second-order valence-corrected chi connectivity index (χ2v) is 15.9. The van der Waals surface area contributed by atoms with E-state index < -0.39 is 0 Å². The van der Waals surface area contributed by atoms with Gasteiger partial charge in [-0.2, -0.15) is 0 Å². The molecule has 7 nitrogen and oxygen atoms in total. The van der Waals surface area contributed by atoms with Crippen molar-refractivity contribution in [3.8, 4) is 56.5 Å². The summed E-state index contributed by atoms with van der Waals surface area (Å²) >= 11 is 0. The Hall–Kier alpha value is -8.68. The van der Waals surface area contributed by atoms with Gasteiger partial charge in [0.05, 0.1) is 33.5 Å². The van der Waals surface area contributed by atoms with Crippen LogP contribution in [0.3, 0.4) is 0 Å². The van der Waals surface area contributed by atoms with Crippen LogP contribution < -0.4 is 0 Å². The lowest BCUT2D eigenvalue weighted by Gasteiger charge is -2.12. The van der Waals surface area contributed by atoms with Crippen molar-refractivity contribution in [2.24, 2.45) is 0 Å². The quantitative estimate of drug-likeness (QED) is 0.167. The van der Waals surface area contributed by atoms with Gasteiger partial charge in [0.1, 0.15) is 16.9 Å². The zero-order valence-electron chi connectivity index (χ0n) is 33.7. The third kappa shape index (κ3) is 5.67. The van der Waals surface area contributed by atoms with Gasteiger partial charge in [0.15, 0.2) is 11.2 Å². The highest BCUT2D eigenvalue weighted by Gasteiger charge is 2.19. The number of furan rings is 1. The number of hydrogen-bond acceptors (Lipinski definition) is 5. The SMILES string of the molecule is c1ccc(-c2cc(-c3ccccc3)nc(-n3c4ccccc4c4cc(-c5cccc(-c6ccc7c8ccccc8n(-c8ccc9oc%10cccnc%10c9n8)c7c6)c5)ccc43)n2)cc1. The van der Waals surface area contributed by atoms with Crippen LogP contribution in [0.5, 0.6) is 0 Å². The molecule has 13 aromatic rings. The molecule has 0 atom stereocenters. The zero-order valence-corrected chi connectivity index (χ0v) is 33.7. The molecule has 0 fully saturated rings. The van der Waals surface area contributed by atoms with Crippen LogP contribution in [0, 0.1) is 0 Å². The lowest BCUT2D eigenvalue weighted by Crippen LogP contribution is -2.03. The molecule has 0 aliphatic heterocycles. The van der Waals surface area contributed by atoms with Crippen LogP contribution in [0.25, 0.3) is 122 Å². The smallest absolute Gasteiger partial charge is 0.235 e. The Kier molecular flexibility index (Phi) is 7.77. The fraction of sp³-hybridized carbons (Fsp3) is 0. The van der Waals surface area contributed by atoms with Crippen molar-refractivity contribution in [2.45, 2.75) is 0 Å². The van der Waals surface area contributed by atoms with Gasteiger partial charge in [0, 0.05) is 38.9 Å². The monoisotopic (exact) mass is 806 g/mol. The van der Waals surface area contributed by atoms with Crippen LogP contribution in [0.15, 0.2) is 211 Å². The van der Waals surface area contributed by atoms with Crippen molar-refractivity contribution in [1.82, 2.24) is 29.1 Å². The number of fused-ring (bicyclic) bond motifs is 9. The van der Waals surface area contributed by atoms with Crippen molar-refractivity contribution < 1.29 is 4.42 Å². The topological polar surface area (TPSA) is 74.6 Å². The molecule has 6 heterocycles. The highest BCUT2D eigenvalue weighted by atomic mass is 16.3. The molecule has 0 unspecified atom stereocenters. The van der Waals surface area contributed by atoms with Gasteiger partial charge in [-0.25, -0.2) is 15.0 Å². The van der Waals surface area contributed by atoms with Crippen molar-refractivity contribution >= 4 is 65.8 Å². The van der Waals surface area contributed by atoms with E-state index in [1.165, 1.54) is 10.8 Å². The summed E-state index contributed by atoms with van der Waals surface area (Å²) in [5, 5.41) is 4.62. The Balaban J connectivity index is 0.937. The second kappa shape index (κ2) is 13.9. The Morgan fingerprint density at radius 2 is 0.905 bits per heavy atom. The average molecular weight is 807 g/mol. The van der Waals surface area contributed by atoms with Crippen LogP contribution in [-0.2, 0) is 0 Å². The standard InChI is InChI=1S/C56H34N6O/c1-3-13-35(14-4-1)45-34-46(36-15-5-2-6-16-36)59-56(58-45)62-48-22-10-8-20-42(48)44-32-39(25-27-49(44)62)37-17-11-18-38(31-37)40-24-26-43-41-19-7-9-21-47(41)61(50(43)33-40)53-29-28-52-55(60-53)54-51(63-52)23-12-30-57-54/h1-34H. The Morgan fingerprint density at radius 3 is 1.65 bits per heavy atom. The van der Waals surface area contributed by atoms with E-state index in [1.807, 2.05) is 36.4 Å². The summed E-state index contributed by atoms with van der Waals surface area (Å²) in [5.41, 5.74) is 15.6. The van der Waals surface area contributed by atoms with Crippen LogP contribution >= 0.6 is 0 Å². The van der Waals surface area contributed by atoms with Crippen LogP contribution in [-0.4, -0.2) is 29.1 Å². The van der Waals surface area contributed by atoms with Crippen molar-refractivity contribution in [2.75, 3.05) is 0 Å². The lowest BCUT2D eigenvalue weighted by atomic mass is 9.97. The van der Waals surface area contributed by atoms with E-state index in [2.05, 4.69) is 178 Å². The van der Waals surface area contributed by atoms with Gasteiger partial charge in [-0.3, -0.25) is 14.1 Å². The third-order valence-corrected chi connectivity index (χ3v) is 12.2. The zero-order chi connectivity index (χ0) is 41.4. The predicted molar refractivity (Wildman–Crippen MR) is 255 cm³/mol. The second-order valence-electron chi connectivity index (χ2n) is 15.9. The molecule has 63 heavy (non-hydrogen) atoms. The third-order valence-electron chi connectivity index (χ3n) is 12.2. The Labute approximate surface area is 360 Å². The summed E-state index contributed by atoms with van der Waals surface area (Å²) in [5.74, 6) is 1.45. The lowest BCUT2D eigenvalue weighted by molar-refractivity contribution is 0.667. The van der Waals surface area contributed by atoms with Crippen LogP contribution in [0.1, 0.15) is 0 Å². The molecule has 0 aliphatic rings. The van der Waals surface area contributed by atoms with Gasteiger partial charge in [-0.1, -0.05) is 133 Å². The maximum Gasteiger partial charge on any atom is 0.235 e. The van der Waals surface area contributed by atoms with E-state index in [9.17, 15) is 0 Å². The van der Waals surface area contributed by atoms with Gasteiger partial charge < -0.3 is 4.42 Å². The number of para-hydroxylation sites is 2.